The van der Waals surface area contributed by atoms with Crippen molar-refractivity contribution >= 4 is 11.4 Å². The zero-order chi connectivity index (χ0) is 17.2. The predicted octanol–water partition coefficient (Wildman–Crippen LogP) is 3.18. The highest BCUT2D eigenvalue weighted by molar-refractivity contribution is 5.53. The average molecular weight is 335 g/mol. The van der Waals surface area contributed by atoms with Crippen molar-refractivity contribution in [2.24, 2.45) is 0 Å². The Morgan fingerprint density at radius 3 is 1.21 bits per heavy atom. The van der Waals surface area contributed by atoms with Gasteiger partial charge in [-0.15, -0.1) is 0 Å². The molecule has 0 amide bonds. The quantitative estimate of drug-likeness (QED) is 0.485. The minimum absolute atomic E-state index is 0.456. The van der Waals surface area contributed by atoms with E-state index in [1.165, 1.54) is 11.4 Å². The third-order valence-corrected chi connectivity index (χ3v) is 6.28. The van der Waals surface area contributed by atoms with Crippen LogP contribution in [0.15, 0.2) is 24.3 Å². The smallest absolute Gasteiger partial charge is 0.133 e. The number of benzene rings is 1. The van der Waals surface area contributed by atoms with Crippen LogP contribution in [0.4, 0.5) is 11.4 Å². The Morgan fingerprint density at radius 2 is 1.00 bits per heavy atom. The molecule has 2 saturated heterocycles. The van der Waals surface area contributed by atoms with Gasteiger partial charge in [0, 0.05) is 24.3 Å². The number of quaternary nitrogens is 2. The number of hydrogen-bond donors (Lipinski definition) is 0. The zero-order valence-electron chi connectivity index (χ0n) is 15.8. The molecule has 3 rings (SSSR count). The SMILES string of the molecule is CC[N+](CC)(CC1CO1)c1ccc([N+](CC)(CC)CC2CO2)cc1. The van der Waals surface area contributed by atoms with Gasteiger partial charge in [-0.25, -0.2) is 0 Å². The van der Waals surface area contributed by atoms with Crippen LogP contribution < -0.4 is 8.97 Å². The second-order valence-electron chi connectivity index (χ2n) is 7.35. The molecule has 134 valence electrons. The summed E-state index contributed by atoms with van der Waals surface area (Å²) in [4.78, 5) is 0. The third kappa shape index (κ3) is 3.52. The van der Waals surface area contributed by atoms with Gasteiger partial charge in [0.2, 0.25) is 0 Å². The summed E-state index contributed by atoms with van der Waals surface area (Å²) in [6, 6.07) is 9.43. The zero-order valence-corrected chi connectivity index (χ0v) is 15.8. The first-order valence-electron chi connectivity index (χ1n) is 9.68. The number of hydrogen-bond acceptors (Lipinski definition) is 2. The van der Waals surface area contributed by atoms with E-state index in [4.69, 9.17) is 9.47 Å². The van der Waals surface area contributed by atoms with Gasteiger partial charge < -0.3 is 9.47 Å². The van der Waals surface area contributed by atoms with Crippen molar-refractivity contribution in [1.82, 2.24) is 8.97 Å². The van der Waals surface area contributed by atoms with Crippen molar-refractivity contribution in [2.45, 2.75) is 39.9 Å². The second-order valence-corrected chi connectivity index (χ2v) is 7.35. The first-order valence-corrected chi connectivity index (χ1v) is 9.68. The van der Waals surface area contributed by atoms with E-state index in [-0.39, 0.29) is 0 Å². The first-order chi connectivity index (χ1) is 11.6. The van der Waals surface area contributed by atoms with Crippen LogP contribution >= 0.6 is 0 Å². The van der Waals surface area contributed by atoms with Crippen LogP contribution in [-0.2, 0) is 9.47 Å². The summed E-state index contributed by atoms with van der Waals surface area (Å²) in [5.74, 6) is 0. The summed E-state index contributed by atoms with van der Waals surface area (Å²) in [5, 5.41) is 0. The Kier molecular flexibility index (Phi) is 5.30. The highest BCUT2D eigenvalue weighted by atomic mass is 16.6. The summed E-state index contributed by atoms with van der Waals surface area (Å²) in [6.07, 6.45) is 0.912. The maximum atomic E-state index is 5.52. The fourth-order valence-electron chi connectivity index (χ4n) is 4.12. The molecular weight excluding hydrogens is 300 g/mol. The normalized spacial score (nSPS) is 23.3. The second kappa shape index (κ2) is 7.12. The van der Waals surface area contributed by atoms with E-state index in [2.05, 4.69) is 52.0 Å². The van der Waals surface area contributed by atoms with Crippen molar-refractivity contribution in [3.05, 3.63) is 24.3 Å². The van der Waals surface area contributed by atoms with Crippen LogP contribution in [0.3, 0.4) is 0 Å². The van der Waals surface area contributed by atoms with Crippen LogP contribution in [-0.4, -0.2) is 64.7 Å². The Bertz CT molecular complexity index is 478. The molecule has 2 fully saturated rings. The number of epoxide rings is 2. The molecule has 2 unspecified atom stereocenters. The largest absolute Gasteiger partial charge is 0.367 e. The number of rotatable bonds is 10. The van der Waals surface area contributed by atoms with Crippen molar-refractivity contribution in [2.75, 3.05) is 52.5 Å². The van der Waals surface area contributed by atoms with Crippen LogP contribution in [0.1, 0.15) is 27.7 Å². The molecule has 0 saturated carbocycles. The molecule has 24 heavy (non-hydrogen) atoms. The predicted molar refractivity (Wildman–Crippen MR) is 101 cm³/mol. The highest BCUT2D eigenvalue weighted by Gasteiger charge is 2.39. The van der Waals surface area contributed by atoms with Gasteiger partial charge >= 0.3 is 0 Å². The van der Waals surface area contributed by atoms with Crippen LogP contribution in [0.25, 0.3) is 0 Å². The van der Waals surface area contributed by atoms with Gasteiger partial charge in [0.25, 0.3) is 0 Å². The molecule has 0 radical (unpaired) electrons. The van der Waals surface area contributed by atoms with Gasteiger partial charge in [-0.1, -0.05) is 0 Å². The van der Waals surface area contributed by atoms with Crippen LogP contribution in [0, 0.1) is 0 Å². The lowest BCUT2D eigenvalue weighted by atomic mass is 10.1. The fourth-order valence-corrected chi connectivity index (χ4v) is 4.12. The Balaban J connectivity index is 1.84. The Hall–Kier alpha value is -0.940. The molecule has 2 heterocycles. The Morgan fingerprint density at radius 1 is 0.708 bits per heavy atom. The summed E-state index contributed by atoms with van der Waals surface area (Å²) >= 11 is 0. The molecule has 0 spiro atoms. The van der Waals surface area contributed by atoms with Gasteiger partial charge in [0.15, 0.2) is 0 Å². The molecule has 0 bridgehead atoms. The van der Waals surface area contributed by atoms with Crippen molar-refractivity contribution in [3.63, 3.8) is 0 Å². The minimum Gasteiger partial charge on any atom is -0.367 e. The first kappa shape index (κ1) is 17.9. The molecule has 4 heteroatoms. The van der Waals surface area contributed by atoms with Gasteiger partial charge in [-0.05, 0) is 27.7 Å². The van der Waals surface area contributed by atoms with Gasteiger partial charge in [0.1, 0.15) is 36.7 Å². The topological polar surface area (TPSA) is 25.1 Å². The van der Waals surface area contributed by atoms with E-state index in [0.29, 0.717) is 12.2 Å². The summed E-state index contributed by atoms with van der Waals surface area (Å²) in [5.41, 5.74) is 2.85. The number of ether oxygens (including phenoxy) is 2. The summed E-state index contributed by atoms with van der Waals surface area (Å²) in [6.45, 7) is 17.7. The molecular formula is C20H34N2O2+2. The average Bonchev–Trinajstić information content (AvgIpc) is 3.55. The van der Waals surface area contributed by atoms with E-state index in [9.17, 15) is 0 Å². The molecule has 0 aromatic heterocycles. The lowest BCUT2D eigenvalue weighted by Gasteiger charge is -2.38. The lowest BCUT2D eigenvalue weighted by molar-refractivity contribution is 0.257. The van der Waals surface area contributed by atoms with Gasteiger partial charge in [-0.3, -0.25) is 8.97 Å². The highest BCUT2D eigenvalue weighted by Crippen LogP contribution is 2.32. The number of nitrogens with zero attached hydrogens (tertiary/aromatic N) is 2. The maximum Gasteiger partial charge on any atom is 0.133 e. The molecule has 1 aromatic carbocycles. The standard InChI is InChI=1S/C20H34N2O2/c1-5-21(6-2,13-19-15-23-19)17-9-11-18(12-10-17)22(7-3,8-4)14-20-16-24-20/h9-12,19-20H,5-8,13-16H2,1-4H3/q+2. The van der Waals surface area contributed by atoms with Crippen molar-refractivity contribution < 1.29 is 9.47 Å². The van der Waals surface area contributed by atoms with E-state index in [0.717, 1.165) is 61.4 Å². The van der Waals surface area contributed by atoms with Crippen molar-refractivity contribution in [3.8, 4) is 0 Å². The summed E-state index contributed by atoms with van der Waals surface area (Å²) < 4.78 is 13.1. The lowest BCUT2D eigenvalue weighted by Crippen LogP contribution is -2.52. The van der Waals surface area contributed by atoms with Gasteiger partial charge in [0.05, 0.1) is 39.4 Å². The maximum absolute atomic E-state index is 5.52. The van der Waals surface area contributed by atoms with E-state index in [1.54, 1.807) is 0 Å². The molecule has 2 aliphatic heterocycles. The Labute approximate surface area is 147 Å². The molecule has 1 aromatic rings. The molecule has 0 N–H and O–H groups in total. The summed E-state index contributed by atoms with van der Waals surface area (Å²) in [7, 11) is 0. The monoisotopic (exact) mass is 334 g/mol. The van der Waals surface area contributed by atoms with E-state index < -0.39 is 0 Å². The van der Waals surface area contributed by atoms with Crippen molar-refractivity contribution in [1.29, 1.82) is 0 Å². The van der Waals surface area contributed by atoms with Crippen LogP contribution in [0.2, 0.25) is 0 Å². The molecule has 4 nitrogen and oxygen atoms in total. The van der Waals surface area contributed by atoms with E-state index in [1.807, 2.05) is 0 Å². The molecule has 0 aliphatic carbocycles. The van der Waals surface area contributed by atoms with E-state index >= 15 is 0 Å². The molecule has 2 atom stereocenters. The van der Waals surface area contributed by atoms with Gasteiger partial charge in [-0.2, -0.15) is 0 Å². The fraction of sp³-hybridized carbons (Fsp3) is 0.700. The minimum atomic E-state index is 0.456. The third-order valence-electron chi connectivity index (χ3n) is 6.28. The molecule has 2 aliphatic rings. The van der Waals surface area contributed by atoms with Crippen LogP contribution in [0.5, 0.6) is 0 Å². The number of likely N-dealkylation sites (N-methyl/N-ethyl adjacent to an activating group) is 2.